The van der Waals surface area contributed by atoms with Crippen LogP contribution in [0.5, 0.6) is 0 Å². The molecule has 7 nitrogen and oxygen atoms in total. The summed E-state index contributed by atoms with van der Waals surface area (Å²) >= 11 is 1.48. The Morgan fingerprint density at radius 2 is 1.79 bits per heavy atom. The summed E-state index contributed by atoms with van der Waals surface area (Å²) in [7, 11) is 0. The molecule has 0 unspecified atom stereocenters. The Hall–Kier alpha value is -3.59. The molecule has 1 aromatic carbocycles. The first-order valence-electron chi connectivity index (χ1n) is 11.3. The van der Waals surface area contributed by atoms with Crippen LogP contribution in [0.25, 0.3) is 16.6 Å². The second-order valence-corrected chi connectivity index (χ2v) is 10.3. The number of nitrogens with zero attached hydrogens (tertiary/aromatic N) is 6. The van der Waals surface area contributed by atoms with Gasteiger partial charge in [0.1, 0.15) is 12.1 Å². The van der Waals surface area contributed by atoms with Gasteiger partial charge in [-0.2, -0.15) is 20.7 Å². The summed E-state index contributed by atoms with van der Waals surface area (Å²) in [6.45, 7) is 4.23. The first-order chi connectivity index (χ1) is 16.4. The van der Waals surface area contributed by atoms with Crippen LogP contribution in [-0.4, -0.2) is 24.9 Å². The van der Waals surface area contributed by atoms with Crippen molar-refractivity contribution < 1.29 is 0 Å². The molecule has 0 aliphatic heterocycles. The van der Waals surface area contributed by atoms with E-state index in [2.05, 4.69) is 41.8 Å². The van der Waals surface area contributed by atoms with Crippen molar-refractivity contribution in [2.45, 2.75) is 60.9 Å². The van der Waals surface area contributed by atoms with Crippen LogP contribution in [0.15, 0.2) is 58.7 Å². The zero-order chi connectivity index (χ0) is 23.9. The molecule has 34 heavy (non-hydrogen) atoms. The maximum atomic E-state index is 9.64. The highest BCUT2D eigenvalue weighted by Gasteiger charge is 2.29. The molecule has 0 bridgehead atoms. The molecular formula is C26H25N7S. The summed E-state index contributed by atoms with van der Waals surface area (Å²) in [4.78, 5) is 1.71. The largest absolute Gasteiger partial charge is 0.325 e. The van der Waals surface area contributed by atoms with E-state index < -0.39 is 0 Å². The molecule has 1 saturated carbocycles. The Balaban J connectivity index is 1.58. The molecule has 0 radical (unpaired) electrons. The molecule has 170 valence electrons. The number of aromatic nitrogens is 4. The van der Waals surface area contributed by atoms with Crippen LogP contribution in [0.2, 0.25) is 0 Å². The summed E-state index contributed by atoms with van der Waals surface area (Å²) in [6, 6.07) is 14.4. The van der Waals surface area contributed by atoms with E-state index in [-0.39, 0.29) is 5.54 Å². The number of nitrogens with two attached hydrogens (primary N) is 1. The van der Waals surface area contributed by atoms with E-state index in [0.717, 1.165) is 57.8 Å². The van der Waals surface area contributed by atoms with Crippen molar-refractivity contribution in [3.8, 4) is 23.3 Å². The lowest BCUT2D eigenvalue weighted by Gasteiger charge is -2.34. The molecule has 3 aromatic heterocycles. The van der Waals surface area contributed by atoms with Crippen molar-refractivity contribution in [1.29, 1.82) is 10.5 Å². The summed E-state index contributed by atoms with van der Waals surface area (Å²) in [5.74, 6) is 0. The van der Waals surface area contributed by atoms with Crippen molar-refractivity contribution in [1.82, 2.24) is 19.4 Å². The van der Waals surface area contributed by atoms with Crippen LogP contribution in [0.3, 0.4) is 0 Å². The highest BCUT2D eigenvalue weighted by atomic mass is 32.2. The molecule has 0 saturated heterocycles. The minimum absolute atomic E-state index is 0.0875. The Labute approximate surface area is 202 Å². The quantitative estimate of drug-likeness (QED) is 0.440. The van der Waals surface area contributed by atoms with Crippen molar-refractivity contribution in [2.24, 2.45) is 5.73 Å². The van der Waals surface area contributed by atoms with Crippen molar-refractivity contribution in [3.63, 3.8) is 0 Å². The van der Waals surface area contributed by atoms with Crippen molar-refractivity contribution >= 4 is 17.3 Å². The molecule has 1 fully saturated rings. The number of nitriles is 2. The summed E-state index contributed by atoms with van der Waals surface area (Å²) in [6.07, 6.45) is 9.46. The zero-order valence-electron chi connectivity index (χ0n) is 19.2. The normalized spacial score (nSPS) is 20.2. The topological polar surface area (TPSA) is 109 Å². The van der Waals surface area contributed by atoms with Gasteiger partial charge in [0.05, 0.1) is 35.1 Å². The fraction of sp³-hybridized carbons (Fsp3) is 0.308. The fourth-order valence-electron chi connectivity index (χ4n) is 4.74. The average molecular weight is 468 g/mol. The van der Waals surface area contributed by atoms with Gasteiger partial charge < -0.3 is 5.73 Å². The van der Waals surface area contributed by atoms with E-state index in [0.29, 0.717) is 17.2 Å². The second-order valence-electron chi connectivity index (χ2n) is 9.24. The van der Waals surface area contributed by atoms with Crippen LogP contribution >= 0.6 is 11.8 Å². The Kier molecular flexibility index (Phi) is 5.65. The van der Waals surface area contributed by atoms with E-state index in [1.165, 1.54) is 11.8 Å². The predicted molar refractivity (Wildman–Crippen MR) is 131 cm³/mol. The monoisotopic (exact) mass is 467 g/mol. The predicted octanol–water partition coefficient (Wildman–Crippen LogP) is 5.23. The molecule has 2 N–H and O–H groups in total. The number of hydrogen-bond donors (Lipinski definition) is 1. The number of fused-ring (bicyclic) bond motifs is 1. The number of rotatable bonds is 4. The number of benzene rings is 1. The van der Waals surface area contributed by atoms with Crippen molar-refractivity contribution in [2.75, 3.05) is 0 Å². The lowest BCUT2D eigenvalue weighted by molar-refractivity contribution is 0.238. The van der Waals surface area contributed by atoms with Gasteiger partial charge in [-0.1, -0.05) is 23.9 Å². The van der Waals surface area contributed by atoms with Crippen LogP contribution in [0, 0.1) is 29.6 Å². The molecule has 8 heteroatoms. The number of hydrogen-bond acceptors (Lipinski definition) is 6. The molecule has 4 aromatic rings. The minimum atomic E-state index is -0.0875. The second kappa shape index (κ2) is 8.64. The third-order valence-corrected chi connectivity index (χ3v) is 7.83. The first kappa shape index (κ1) is 22.2. The average Bonchev–Trinajstić information content (AvgIpc) is 3.43. The van der Waals surface area contributed by atoms with Crippen LogP contribution in [-0.2, 0) is 0 Å². The SMILES string of the molecule is Cc1c(-c2cc(Sc3ccccc3C#N)c3c(C#N)cnn3c2)cnn1[C@H]1CC[C@@](C)(N)CC1. The van der Waals surface area contributed by atoms with Gasteiger partial charge in [0.25, 0.3) is 0 Å². The van der Waals surface area contributed by atoms with Gasteiger partial charge in [-0.3, -0.25) is 4.68 Å². The highest BCUT2D eigenvalue weighted by molar-refractivity contribution is 7.99. The molecule has 3 heterocycles. The molecule has 1 aliphatic carbocycles. The third-order valence-electron chi connectivity index (χ3n) is 6.72. The van der Waals surface area contributed by atoms with Crippen LogP contribution < -0.4 is 5.73 Å². The zero-order valence-corrected chi connectivity index (χ0v) is 20.0. The smallest absolute Gasteiger partial charge is 0.103 e. The molecule has 5 rings (SSSR count). The van der Waals surface area contributed by atoms with E-state index >= 15 is 0 Å². The molecule has 0 amide bonds. The Bertz CT molecular complexity index is 1450. The lowest BCUT2D eigenvalue weighted by atomic mass is 9.81. The van der Waals surface area contributed by atoms with Gasteiger partial charge in [-0.05, 0) is 57.7 Å². The van der Waals surface area contributed by atoms with Gasteiger partial charge in [-0.25, -0.2) is 4.52 Å². The van der Waals surface area contributed by atoms with E-state index in [1.807, 2.05) is 30.6 Å². The minimum Gasteiger partial charge on any atom is -0.325 e. The summed E-state index contributed by atoms with van der Waals surface area (Å²) < 4.78 is 3.89. The maximum Gasteiger partial charge on any atom is 0.103 e. The van der Waals surface area contributed by atoms with Crippen molar-refractivity contribution in [3.05, 3.63) is 65.7 Å². The standard InChI is InChI=1S/C26H25N7S/c1-17-22(15-31-33(17)21-7-9-26(2,29)10-8-21)19-11-24(25-20(13-28)14-30-32(25)16-19)34-23-6-4-3-5-18(23)12-27/h3-6,11,14-16,21H,7-10,29H2,1-2H3/t21-,26+. The Morgan fingerprint density at radius 1 is 1.06 bits per heavy atom. The van der Waals surface area contributed by atoms with E-state index in [4.69, 9.17) is 10.8 Å². The molecular weight excluding hydrogens is 442 g/mol. The lowest BCUT2D eigenvalue weighted by Crippen LogP contribution is -2.40. The van der Waals surface area contributed by atoms with Gasteiger partial charge in [0.15, 0.2) is 0 Å². The number of pyridine rings is 1. The molecule has 0 spiro atoms. The summed E-state index contributed by atoms with van der Waals surface area (Å²) in [5, 5.41) is 28.4. The van der Waals surface area contributed by atoms with Gasteiger partial charge in [-0.15, -0.1) is 0 Å². The highest BCUT2D eigenvalue weighted by Crippen LogP contribution is 2.39. The van der Waals surface area contributed by atoms with Gasteiger partial charge in [0.2, 0.25) is 0 Å². The van der Waals surface area contributed by atoms with Gasteiger partial charge in [0, 0.05) is 38.3 Å². The van der Waals surface area contributed by atoms with Crippen LogP contribution in [0.1, 0.15) is 55.5 Å². The molecule has 0 atom stereocenters. The Morgan fingerprint density at radius 3 is 2.53 bits per heavy atom. The van der Waals surface area contributed by atoms with Gasteiger partial charge >= 0.3 is 0 Å². The maximum absolute atomic E-state index is 9.64. The fourth-order valence-corrected chi connectivity index (χ4v) is 5.83. The first-order valence-corrected chi connectivity index (χ1v) is 12.1. The van der Waals surface area contributed by atoms with E-state index in [1.54, 1.807) is 16.8 Å². The third kappa shape index (κ3) is 3.96. The summed E-state index contributed by atoms with van der Waals surface area (Å²) in [5.41, 5.74) is 11.2. The molecule has 1 aliphatic rings. The van der Waals surface area contributed by atoms with Crippen LogP contribution in [0.4, 0.5) is 0 Å². The van der Waals surface area contributed by atoms with E-state index in [9.17, 15) is 10.5 Å².